The Morgan fingerprint density at radius 3 is 2.62 bits per heavy atom. The van der Waals surface area contributed by atoms with E-state index in [0.717, 1.165) is 31.2 Å². The summed E-state index contributed by atoms with van der Waals surface area (Å²) in [5, 5.41) is 0. The van der Waals surface area contributed by atoms with Crippen LogP contribution in [0.15, 0.2) is 29.5 Å². The molecule has 0 aromatic heterocycles. The number of benzene rings is 1. The number of fused-ring (bicyclic) bond motifs is 1. The Labute approximate surface area is 152 Å². The van der Waals surface area contributed by atoms with Gasteiger partial charge in [-0.1, -0.05) is 6.42 Å². The summed E-state index contributed by atoms with van der Waals surface area (Å²) in [6, 6.07) is 4.90. The first-order chi connectivity index (χ1) is 12.6. The Balaban J connectivity index is 1.83. The van der Waals surface area contributed by atoms with E-state index in [4.69, 9.17) is 14.2 Å². The number of rotatable bonds is 3. The molecule has 1 amide bonds. The summed E-state index contributed by atoms with van der Waals surface area (Å²) in [6.07, 6.45) is 3.54. The van der Waals surface area contributed by atoms with Crippen LogP contribution >= 0.6 is 0 Å². The Morgan fingerprint density at radius 2 is 1.88 bits per heavy atom. The van der Waals surface area contributed by atoms with Gasteiger partial charge >= 0.3 is 0 Å². The number of carbonyl (C=O) groups is 2. The molecule has 3 atom stereocenters. The van der Waals surface area contributed by atoms with E-state index < -0.39 is 6.04 Å². The van der Waals surface area contributed by atoms with E-state index in [1.165, 1.54) is 0 Å². The topological polar surface area (TPSA) is 65.1 Å². The summed E-state index contributed by atoms with van der Waals surface area (Å²) in [7, 11) is 4.86. The second-order valence-corrected chi connectivity index (χ2v) is 7.08. The van der Waals surface area contributed by atoms with Gasteiger partial charge in [0.25, 0.3) is 5.91 Å². The Kier molecular flexibility index (Phi) is 4.13. The van der Waals surface area contributed by atoms with Crippen LogP contribution in [-0.4, -0.2) is 44.0 Å². The summed E-state index contributed by atoms with van der Waals surface area (Å²) in [4.78, 5) is 27.7. The van der Waals surface area contributed by atoms with E-state index in [9.17, 15) is 9.59 Å². The highest BCUT2D eigenvalue weighted by molar-refractivity contribution is 6.11. The quantitative estimate of drug-likeness (QED) is 0.832. The second-order valence-electron chi connectivity index (χ2n) is 7.08. The Bertz CT molecular complexity index is 799. The number of amides is 1. The second kappa shape index (κ2) is 6.34. The smallest absolute Gasteiger partial charge is 0.289 e. The van der Waals surface area contributed by atoms with Gasteiger partial charge in [0.05, 0.1) is 31.8 Å². The zero-order chi connectivity index (χ0) is 18.4. The molecule has 1 aromatic carbocycles. The van der Waals surface area contributed by atoms with Crippen LogP contribution in [0.4, 0.5) is 0 Å². The number of hydrogen-bond acceptors (Lipinski definition) is 5. The van der Waals surface area contributed by atoms with Gasteiger partial charge < -0.3 is 19.1 Å². The molecule has 0 N–H and O–H groups in total. The van der Waals surface area contributed by atoms with Gasteiger partial charge in [-0.05, 0) is 37.5 Å². The molecule has 1 aromatic rings. The van der Waals surface area contributed by atoms with Gasteiger partial charge in [-0.2, -0.15) is 0 Å². The lowest BCUT2D eigenvalue weighted by Gasteiger charge is -2.35. The zero-order valence-electron chi connectivity index (χ0n) is 15.3. The minimum Gasteiger partial charge on any atom is -0.497 e. The van der Waals surface area contributed by atoms with Gasteiger partial charge in [-0.15, -0.1) is 0 Å². The van der Waals surface area contributed by atoms with Crippen LogP contribution in [0, 0.1) is 5.92 Å². The molecule has 1 aliphatic carbocycles. The molecule has 0 radical (unpaired) electrons. The van der Waals surface area contributed by atoms with Crippen molar-refractivity contribution in [2.24, 2.45) is 5.92 Å². The molecule has 0 saturated heterocycles. The van der Waals surface area contributed by atoms with Crippen LogP contribution in [-0.2, 0) is 14.3 Å². The van der Waals surface area contributed by atoms with Crippen LogP contribution in [0.25, 0.3) is 0 Å². The molecular weight excluding hydrogens is 334 g/mol. The summed E-state index contributed by atoms with van der Waals surface area (Å²) < 4.78 is 16.9. The average molecular weight is 357 g/mol. The largest absolute Gasteiger partial charge is 0.497 e. The average Bonchev–Trinajstić information content (AvgIpc) is 2.92. The fourth-order valence-electron chi connectivity index (χ4n) is 4.38. The van der Waals surface area contributed by atoms with Crippen LogP contribution in [0.1, 0.15) is 37.3 Å². The third-order valence-electron chi connectivity index (χ3n) is 5.73. The molecule has 26 heavy (non-hydrogen) atoms. The standard InChI is InChI=1S/C20H23NO5/c1-21-17(13-10-11(24-2)8-9-14(13)25-3)16-18(22)12-6-4-5-7-15(12)26-19(16)20(21)23/h8-10,12,15,17H,4-7H2,1-3H3. The Hall–Kier alpha value is -2.50. The van der Waals surface area contributed by atoms with Gasteiger partial charge in [0, 0.05) is 12.6 Å². The normalized spacial score (nSPS) is 27.8. The number of carbonyl (C=O) groups excluding carboxylic acids is 2. The number of nitrogens with zero attached hydrogens (tertiary/aromatic N) is 1. The number of methoxy groups -OCH3 is 2. The molecular formula is C20H23NO5. The van der Waals surface area contributed by atoms with Crippen LogP contribution in [0.3, 0.4) is 0 Å². The van der Waals surface area contributed by atoms with Crippen molar-refractivity contribution in [2.45, 2.75) is 37.8 Å². The van der Waals surface area contributed by atoms with Gasteiger partial charge in [-0.3, -0.25) is 9.59 Å². The maximum absolute atomic E-state index is 13.3. The van der Waals surface area contributed by atoms with Crippen LogP contribution in [0.2, 0.25) is 0 Å². The van der Waals surface area contributed by atoms with E-state index in [1.807, 2.05) is 6.07 Å². The first-order valence-corrected chi connectivity index (χ1v) is 9.01. The molecule has 6 nitrogen and oxygen atoms in total. The van der Waals surface area contributed by atoms with Crippen LogP contribution in [0.5, 0.6) is 11.5 Å². The molecule has 6 heteroatoms. The molecule has 3 unspecified atom stereocenters. The van der Waals surface area contributed by atoms with Crippen molar-refractivity contribution in [2.75, 3.05) is 21.3 Å². The van der Waals surface area contributed by atoms with E-state index >= 15 is 0 Å². The molecule has 138 valence electrons. The van der Waals surface area contributed by atoms with Gasteiger partial charge in [0.15, 0.2) is 11.5 Å². The number of ketones is 1. The van der Waals surface area contributed by atoms with Crippen molar-refractivity contribution >= 4 is 11.7 Å². The van der Waals surface area contributed by atoms with Crippen molar-refractivity contribution in [1.82, 2.24) is 4.90 Å². The molecule has 3 aliphatic rings. The third kappa shape index (κ3) is 2.39. The lowest BCUT2D eigenvalue weighted by molar-refractivity contribution is -0.134. The number of ether oxygens (including phenoxy) is 3. The highest BCUT2D eigenvalue weighted by Crippen LogP contribution is 2.48. The molecule has 4 rings (SSSR count). The van der Waals surface area contributed by atoms with Crippen molar-refractivity contribution < 1.29 is 23.8 Å². The van der Waals surface area contributed by atoms with E-state index in [0.29, 0.717) is 17.1 Å². The Morgan fingerprint density at radius 1 is 1.12 bits per heavy atom. The SMILES string of the molecule is COc1ccc(OC)c(C2C3=C(OC4CCCCC4C3=O)C(=O)N2C)c1. The van der Waals surface area contributed by atoms with Crippen molar-refractivity contribution in [1.29, 1.82) is 0 Å². The first kappa shape index (κ1) is 16.9. The highest BCUT2D eigenvalue weighted by Gasteiger charge is 2.51. The highest BCUT2D eigenvalue weighted by atomic mass is 16.5. The molecule has 1 saturated carbocycles. The van der Waals surface area contributed by atoms with Gasteiger partial charge in [-0.25, -0.2) is 0 Å². The summed E-state index contributed by atoms with van der Waals surface area (Å²) >= 11 is 0. The van der Waals surface area contributed by atoms with E-state index in [-0.39, 0.29) is 29.5 Å². The van der Waals surface area contributed by atoms with E-state index in [2.05, 4.69) is 0 Å². The number of likely N-dealkylation sites (N-methyl/N-ethyl adjacent to an activating group) is 1. The molecule has 2 heterocycles. The fraction of sp³-hybridized carbons (Fsp3) is 0.500. The summed E-state index contributed by atoms with van der Waals surface area (Å²) in [6.45, 7) is 0. The minimum absolute atomic E-state index is 0.0449. The third-order valence-corrected chi connectivity index (χ3v) is 5.73. The van der Waals surface area contributed by atoms with E-state index in [1.54, 1.807) is 38.3 Å². The van der Waals surface area contributed by atoms with Crippen LogP contribution < -0.4 is 9.47 Å². The predicted molar refractivity (Wildman–Crippen MR) is 93.9 cm³/mol. The zero-order valence-corrected chi connectivity index (χ0v) is 15.3. The monoisotopic (exact) mass is 357 g/mol. The van der Waals surface area contributed by atoms with Gasteiger partial charge in [0.2, 0.25) is 0 Å². The molecule has 0 bridgehead atoms. The fourth-order valence-corrected chi connectivity index (χ4v) is 4.38. The summed E-state index contributed by atoms with van der Waals surface area (Å²) in [5.74, 6) is 1.13. The van der Waals surface area contributed by atoms with Crippen molar-refractivity contribution in [3.8, 4) is 11.5 Å². The van der Waals surface area contributed by atoms with Crippen molar-refractivity contribution in [3.05, 3.63) is 35.1 Å². The lowest BCUT2D eigenvalue weighted by atomic mass is 9.77. The minimum atomic E-state index is -0.516. The van der Waals surface area contributed by atoms with Gasteiger partial charge in [0.1, 0.15) is 17.6 Å². The predicted octanol–water partition coefficient (Wildman–Crippen LogP) is 2.63. The number of hydrogen-bond donors (Lipinski definition) is 0. The maximum Gasteiger partial charge on any atom is 0.289 e. The lowest BCUT2D eigenvalue weighted by Crippen LogP contribution is -2.39. The van der Waals surface area contributed by atoms with Crippen molar-refractivity contribution in [3.63, 3.8) is 0 Å². The summed E-state index contributed by atoms with van der Waals surface area (Å²) in [5.41, 5.74) is 1.20. The maximum atomic E-state index is 13.3. The first-order valence-electron chi connectivity index (χ1n) is 9.01. The molecule has 1 fully saturated rings. The molecule has 0 spiro atoms. The number of Topliss-reactive ketones (excluding diaryl/α,β-unsaturated/α-hetero) is 1. The molecule has 2 aliphatic heterocycles.